The Hall–Kier alpha value is -2.02. The van der Waals surface area contributed by atoms with Gasteiger partial charge in [-0.05, 0) is 31.7 Å². The van der Waals surface area contributed by atoms with Crippen LogP contribution in [0.5, 0.6) is 0 Å². The summed E-state index contributed by atoms with van der Waals surface area (Å²) in [6, 6.07) is 0. The second-order valence-corrected chi connectivity index (χ2v) is 7.42. The number of aromatic amines is 1. The van der Waals surface area contributed by atoms with Crippen LogP contribution in [0.25, 0.3) is 11.0 Å². The second-order valence-electron chi connectivity index (χ2n) is 6.28. The van der Waals surface area contributed by atoms with Crippen molar-refractivity contribution < 1.29 is 4.79 Å². The Morgan fingerprint density at radius 2 is 2.04 bits per heavy atom. The van der Waals surface area contributed by atoms with Crippen molar-refractivity contribution in [2.45, 2.75) is 26.2 Å². The number of aryl methyl sites for hydroxylation is 1. The first-order valence-electron chi connectivity index (χ1n) is 8.43. The number of piperidine rings is 1. The van der Waals surface area contributed by atoms with Gasteiger partial charge in [-0.25, -0.2) is 9.97 Å². The van der Waals surface area contributed by atoms with E-state index < -0.39 is 0 Å². The van der Waals surface area contributed by atoms with Gasteiger partial charge in [-0.15, -0.1) is 11.8 Å². The molecule has 24 heavy (non-hydrogen) atoms. The monoisotopic (exact) mass is 343 g/mol. The zero-order chi connectivity index (χ0) is 16.5. The van der Waals surface area contributed by atoms with Gasteiger partial charge in [-0.2, -0.15) is 0 Å². The van der Waals surface area contributed by atoms with E-state index in [1.807, 2.05) is 24.2 Å². The van der Waals surface area contributed by atoms with Gasteiger partial charge < -0.3 is 14.8 Å². The molecule has 0 aliphatic carbocycles. The van der Waals surface area contributed by atoms with Crippen molar-refractivity contribution in [2.75, 3.05) is 30.3 Å². The first kappa shape index (κ1) is 15.5. The molecule has 2 aliphatic rings. The van der Waals surface area contributed by atoms with Crippen LogP contribution in [0.15, 0.2) is 23.6 Å². The lowest BCUT2D eigenvalue weighted by atomic mass is 10.1. The number of hydrogen-bond acceptors (Lipinski definition) is 5. The largest absolute Gasteiger partial charge is 0.346 e. The zero-order valence-corrected chi connectivity index (χ0v) is 14.6. The highest BCUT2D eigenvalue weighted by Crippen LogP contribution is 2.31. The number of fused-ring (bicyclic) bond motifs is 1. The maximum Gasteiger partial charge on any atom is 0.261 e. The summed E-state index contributed by atoms with van der Waals surface area (Å²) in [5.41, 5.74) is 1.96. The number of rotatable bonds is 2. The van der Waals surface area contributed by atoms with Crippen LogP contribution in [-0.4, -0.2) is 51.1 Å². The molecule has 0 radical (unpaired) electrons. The van der Waals surface area contributed by atoms with E-state index in [4.69, 9.17) is 0 Å². The van der Waals surface area contributed by atoms with Gasteiger partial charge in [0.1, 0.15) is 17.8 Å². The normalized spacial score (nSPS) is 18.8. The van der Waals surface area contributed by atoms with Crippen molar-refractivity contribution in [1.29, 1.82) is 0 Å². The van der Waals surface area contributed by atoms with E-state index in [2.05, 4.69) is 19.9 Å². The molecule has 0 aromatic carbocycles. The highest BCUT2D eigenvalue weighted by molar-refractivity contribution is 8.04. The van der Waals surface area contributed by atoms with E-state index in [1.54, 1.807) is 18.1 Å². The van der Waals surface area contributed by atoms with Crippen molar-refractivity contribution in [3.63, 3.8) is 0 Å². The number of H-pyrrole nitrogens is 1. The molecular formula is C17H21N5OS. The van der Waals surface area contributed by atoms with Gasteiger partial charge in [-0.3, -0.25) is 4.79 Å². The standard InChI is InChI=1S/C17H21N5OS/c1-12-9-18-15-14(12)16(20-11-19-15)22-7-8-24-13(10-22)17(23)21-5-3-2-4-6-21/h9-11H,2-8H2,1H3,(H,18,19,20). The van der Waals surface area contributed by atoms with Gasteiger partial charge in [0.2, 0.25) is 0 Å². The maximum absolute atomic E-state index is 12.8. The summed E-state index contributed by atoms with van der Waals surface area (Å²) < 4.78 is 0. The summed E-state index contributed by atoms with van der Waals surface area (Å²) in [4.78, 5) is 29.6. The minimum atomic E-state index is 0.167. The molecule has 0 spiro atoms. The Morgan fingerprint density at radius 3 is 2.88 bits per heavy atom. The highest BCUT2D eigenvalue weighted by atomic mass is 32.2. The van der Waals surface area contributed by atoms with Gasteiger partial charge in [0, 0.05) is 37.8 Å². The molecule has 2 aromatic rings. The minimum absolute atomic E-state index is 0.167. The fourth-order valence-corrected chi connectivity index (χ4v) is 4.31. The molecule has 4 rings (SSSR count). The SMILES string of the molecule is Cc1c[nH]c2ncnc(N3C=C(C(=O)N4CCCCC4)SCC3)c12. The summed E-state index contributed by atoms with van der Waals surface area (Å²) in [5.74, 6) is 1.93. The van der Waals surface area contributed by atoms with Gasteiger partial charge in [0.25, 0.3) is 5.91 Å². The molecule has 1 N–H and O–H groups in total. The smallest absolute Gasteiger partial charge is 0.261 e. The van der Waals surface area contributed by atoms with E-state index >= 15 is 0 Å². The van der Waals surface area contributed by atoms with Gasteiger partial charge >= 0.3 is 0 Å². The lowest BCUT2D eigenvalue weighted by Crippen LogP contribution is -2.38. The number of aromatic nitrogens is 3. The number of carbonyl (C=O) groups excluding carboxylic acids is 1. The first-order valence-corrected chi connectivity index (χ1v) is 9.42. The molecule has 0 unspecified atom stereocenters. The number of anilines is 1. The summed E-state index contributed by atoms with van der Waals surface area (Å²) in [5, 5.41) is 1.03. The van der Waals surface area contributed by atoms with Crippen LogP contribution in [0.3, 0.4) is 0 Å². The molecule has 6 nitrogen and oxygen atoms in total. The van der Waals surface area contributed by atoms with Crippen LogP contribution in [0.2, 0.25) is 0 Å². The predicted octanol–water partition coefficient (Wildman–Crippen LogP) is 2.67. The molecule has 0 saturated carbocycles. The van der Waals surface area contributed by atoms with Crippen molar-refractivity contribution in [3.05, 3.63) is 29.2 Å². The molecular weight excluding hydrogens is 322 g/mol. The minimum Gasteiger partial charge on any atom is -0.346 e. The van der Waals surface area contributed by atoms with Crippen LogP contribution in [-0.2, 0) is 4.79 Å². The number of thioether (sulfide) groups is 1. The molecule has 2 aliphatic heterocycles. The van der Waals surface area contributed by atoms with Crippen LogP contribution in [0.4, 0.5) is 5.82 Å². The zero-order valence-electron chi connectivity index (χ0n) is 13.8. The number of nitrogens with one attached hydrogen (secondary N) is 1. The quantitative estimate of drug-likeness (QED) is 0.908. The Kier molecular flexibility index (Phi) is 4.18. The van der Waals surface area contributed by atoms with Crippen LogP contribution in [0.1, 0.15) is 24.8 Å². The maximum atomic E-state index is 12.8. The van der Waals surface area contributed by atoms with Gasteiger partial charge in [0.05, 0.1) is 10.3 Å². The number of hydrogen-bond donors (Lipinski definition) is 1. The summed E-state index contributed by atoms with van der Waals surface area (Å²) in [7, 11) is 0. The van der Waals surface area contributed by atoms with Crippen LogP contribution >= 0.6 is 11.8 Å². The number of amides is 1. The third-order valence-corrected chi connectivity index (χ3v) is 5.61. The average Bonchev–Trinajstić information content (AvgIpc) is 3.03. The van der Waals surface area contributed by atoms with Crippen molar-refractivity contribution >= 4 is 34.5 Å². The second kappa shape index (κ2) is 6.47. The van der Waals surface area contributed by atoms with Crippen LogP contribution < -0.4 is 4.90 Å². The third kappa shape index (κ3) is 2.77. The van der Waals surface area contributed by atoms with E-state index in [0.29, 0.717) is 0 Å². The molecule has 1 amide bonds. The third-order valence-electron chi connectivity index (χ3n) is 4.64. The molecule has 2 aromatic heterocycles. The fraction of sp³-hybridized carbons (Fsp3) is 0.471. The lowest BCUT2D eigenvalue weighted by molar-refractivity contribution is -0.127. The molecule has 1 fully saturated rings. The Labute approximate surface area is 145 Å². The van der Waals surface area contributed by atoms with Crippen LogP contribution in [0, 0.1) is 6.92 Å². The topological polar surface area (TPSA) is 65.1 Å². The lowest BCUT2D eigenvalue weighted by Gasteiger charge is -2.30. The Morgan fingerprint density at radius 1 is 1.21 bits per heavy atom. The van der Waals surface area contributed by atoms with Crippen molar-refractivity contribution in [1.82, 2.24) is 19.9 Å². The molecule has 7 heteroatoms. The van der Waals surface area contributed by atoms with Crippen molar-refractivity contribution in [3.8, 4) is 0 Å². The van der Waals surface area contributed by atoms with E-state index in [0.717, 1.165) is 65.5 Å². The molecule has 1 saturated heterocycles. The molecule has 0 atom stereocenters. The Bertz CT molecular complexity index is 793. The van der Waals surface area contributed by atoms with E-state index in [1.165, 1.54) is 6.42 Å². The summed E-state index contributed by atoms with van der Waals surface area (Å²) >= 11 is 1.65. The van der Waals surface area contributed by atoms with E-state index in [9.17, 15) is 4.79 Å². The first-order chi connectivity index (χ1) is 11.7. The predicted molar refractivity (Wildman–Crippen MR) is 96.9 cm³/mol. The average molecular weight is 343 g/mol. The molecule has 0 bridgehead atoms. The van der Waals surface area contributed by atoms with Crippen molar-refractivity contribution in [2.24, 2.45) is 0 Å². The molecule has 126 valence electrons. The van der Waals surface area contributed by atoms with Gasteiger partial charge in [-0.1, -0.05) is 0 Å². The van der Waals surface area contributed by atoms with E-state index in [-0.39, 0.29) is 5.91 Å². The van der Waals surface area contributed by atoms with Gasteiger partial charge in [0.15, 0.2) is 0 Å². The fourth-order valence-electron chi connectivity index (χ4n) is 3.35. The summed E-state index contributed by atoms with van der Waals surface area (Å²) in [6.45, 7) is 4.66. The Balaban J connectivity index is 1.65. The summed E-state index contributed by atoms with van der Waals surface area (Å²) in [6.07, 6.45) is 8.96. The number of likely N-dealkylation sites (tertiary alicyclic amines) is 1. The number of nitrogens with zero attached hydrogens (tertiary/aromatic N) is 4. The number of carbonyl (C=O) groups is 1. The molecule has 4 heterocycles. The highest BCUT2D eigenvalue weighted by Gasteiger charge is 2.25.